The lowest BCUT2D eigenvalue weighted by atomic mass is 9.96. The van der Waals surface area contributed by atoms with Gasteiger partial charge in [-0.3, -0.25) is 4.90 Å². The van der Waals surface area contributed by atoms with E-state index >= 15 is 0 Å². The highest BCUT2D eigenvalue weighted by atomic mass is 16.3. The Morgan fingerprint density at radius 3 is 2.35 bits per heavy atom. The number of piperazine rings is 1. The summed E-state index contributed by atoms with van der Waals surface area (Å²) >= 11 is 0. The second-order valence-corrected chi connectivity index (χ2v) is 5.41. The minimum Gasteiger partial charge on any atom is -0.395 e. The van der Waals surface area contributed by atoms with E-state index in [0.717, 1.165) is 25.6 Å². The first-order valence-corrected chi connectivity index (χ1v) is 7.15. The first kappa shape index (κ1) is 13.3. The lowest BCUT2D eigenvalue weighted by molar-refractivity contribution is 0.107. The van der Waals surface area contributed by atoms with Gasteiger partial charge in [-0.1, -0.05) is 0 Å². The third-order valence-corrected chi connectivity index (χ3v) is 4.13. The van der Waals surface area contributed by atoms with E-state index < -0.39 is 0 Å². The van der Waals surface area contributed by atoms with Crippen molar-refractivity contribution in [3.63, 3.8) is 0 Å². The summed E-state index contributed by atoms with van der Waals surface area (Å²) in [4.78, 5) is 4.95. The van der Waals surface area contributed by atoms with E-state index in [1.54, 1.807) is 0 Å². The van der Waals surface area contributed by atoms with Crippen LogP contribution in [-0.2, 0) is 0 Å². The van der Waals surface area contributed by atoms with E-state index in [2.05, 4.69) is 15.1 Å². The van der Waals surface area contributed by atoms with E-state index in [9.17, 15) is 0 Å². The van der Waals surface area contributed by atoms with Gasteiger partial charge in [0.15, 0.2) is 0 Å². The van der Waals surface area contributed by atoms with Crippen molar-refractivity contribution in [3.8, 4) is 0 Å². The molecule has 0 saturated carbocycles. The number of aliphatic hydroxyl groups excluding tert-OH is 1. The van der Waals surface area contributed by atoms with Crippen molar-refractivity contribution in [1.29, 1.82) is 0 Å². The van der Waals surface area contributed by atoms with E-state index in [0.29, 0.717) is 6.61 Å². The van der Waals surface area contributed by atoms with Crippen LogP contribution in [0, 0.1) is 5.92 Å². The molecule has 4 heteroatoms. The first-order valence-electron chi connectivity index (χ1n) is 7.15. The Kier molecular flexibility index (Phi) is 5.71. The number of hydrogen-bond acceptors (Lipinski definition) is 4. The average Bonchev–Trinajstić information content (AvgIpc) is 2.40. The molecule has 2 aliphatic rings. The Balaban J connectivity index is 1.57. The van der Waals surface area contributed by atoms with Crippen molar-refractivity contribution >= 4 is 0 Å². The van der Waals surface area contributed by atoms with Gasteiger partial charge in [-0.2, -0.15) is 0 Å². The number of hydrogen-bond donors (Lipinski definition) is 2. The van der Waals surface area contributed by atoms with Crippen LogP contribution in [0.1, 0.15) is 19.3 Å². The Morgan fingerprint density at radius 2 is 1.76 bits per heavy atom. The second kappa shape index (κ2) is 7.31. The summed E-state index contributed by atoms with van der Waals surface area (Å²) < 4.78 is 0. The first-order chi connectivity index (χ1) is 8.38. The monoisotopic (exact) mass is 241 g/mol. The maximum Gasteiger partial charge on any atom is 0.0558 e. The van der Waals surface area contributed by atoms with Crippen molar-refractivity contribution in [1.82, 2.24) is 15.1 Å². The molecule has 0 aliphatic carbocycles. The van der Waals surface area contributed by atoms with Crippen LogP contribution in [0.3, 0.4) is 0 Å². The molecule has 2 saturated heterocycles. The van der Waals surface area contributed by atoms with E-state index in [1.807, 2.05) is 0 Å². The van der Waals surface area contributed by atoms with Crippen molar-refractivity contribution in [2.75, 3.05) is 59.0 Å². The summed E-state index contributed by atoms with van der Waals surface area (Å²) in [7, 11) is 0. The van der Waals surface area contributed by atoms with Crippen LogP contribution >= 0.6 is 0 Å². The lowest BCUT2D eigenvalue weighted by Gasteiger charge is -2.35. The van der Waals surface area contributed by atoms with Gasteiger partial charge in [0.2, 0.25) is 0 Å². The summed E-state index contributed by atoms with van der Waals surface area (Å²) in [6.07, 6.45) is 4.12. The number of nitrogens with zero attached hydrogens (tertiary/aromatic N) is 2. The molecule has 4 nitrogen and oxygen atoms in total. The number of β-amino-alcohol motifs (C(OH)–C–C–N with tert-alkyl or cyclic N) is 1. The van der Waals surface area contributed by atoms with E-state index in [-0.39, 0.29) is 0 Å². The van der Waals surface area contributed by atoms with Gasteiger partial charge < -0.3 is 15.3 Å². The smallest absolute Gasteiger partial charge is 0.0558 e. The molecule has 100 valence electrons. The van der Waals surface area contributed by atoms with Gasteiger partial charge in [-0.15, -0.1) is 0 Å². The molecule has 1 atom stereocenters. The SMILES string of the molecule is OCCN1CCN(CC[C@@H]2CCCNC2)CC1. The van der Waals surface area contributed by atoms with Crippen molar-refractivity contribution < 1.29 is 5.11 Å². The van der Waals surface area contributed by atoms with E-state index in [4.69, 9.17) is 5.11 Å². The zero-order valence-corrected chi connectivity index (χ0v) is 10.9. The van der Waals surface area contributed by atoms with Gasteiger partial charge in [0.05, 0.1) is 6.61 Å². The van der Waals surface area contributed by atoms with Gasteiger partial charge in [0.1, 0.15) is 0 Å². The van der Waals surface area contributed by atoms with Gasteiger partial charge in [-0.25, -0.2) is 0 Å². The molecular weight excluding hydrogens is 214 g/mol. The Bertz CT molecular complexity index is 199. The van der Waals surface area contributed by atoms with Crippen LogP contribution in [-0.4, -0.2) is 73.9 Å². The highest BCUT2D eigenvalue weighted by Crippen LogP contribution is 2.15. The molecule has 2 fully saturated rings. The summed E-state index contributed by atoms with van der Waals surface area (Å²) in [5.41, 5.74) is 0. The minimum absolute atomic E-state index is 0.299. The molecule has 2 rings (SSSR count). The van der Waals surface area contributed by atoms with Gasteiger partial charge in [0.25, 0.3) is 0 Å². The fraction of sp³-hybridized carbons (Fsp3) is 1.00. The number of piperidine rings is 1. The highest BCUT2D eigenvalue weighted by Gasteiger charge is 2.18. The quantitative estimate of drug-likeness (QED) is 0.710. The molecular formula is C13H27N3O. The Labute approximate surface area is 105 Å². The minimum atomic E-state index is 0.299. The Hall–Kier alpha value is -0.160. The van der Waals surface area contributed by atoms with Crippen LogP contribution in [0.5, 0.6) is 0 Å². The molecule has 0 aromatic carbocycles. The number of nitrogens with one attached hydrogen (secondary N) is 1. The average molecular weight is 241 g/mol. The predicted octanol–water partition coefficient (Wildman–Crippen LogP) is -0.0140. The van der Waals surface area contributed by atoms with Crippen LogP contribution in [0.15, 0.2) is 0 Å². The third-order valence-electron chi connectivity index (χ3n) is 4.13. The van der Waals surface area contributed by atoms with Crippen molar-refractivity contribution in [3.05, 3.63) is 0 Å². The molecule has 2 heterocycles. The molecule has 0 aromatic rings. The molecule has 0 amide bonds. The fourth-order valence-electron chi connectivity index (χ4n) is 2.91. The molecule has 0 radical (unpaired) electrons. The van der Waals surface area contributed by atoms with Crippen molar-refractivity contribution in [2.24, 2.45) is 5.92 Å². The standard InChI is InChI=1S/C13H27N3O/c17-11-10-16-8-6-15(7-9-16)5-3-13-2-1-4-14-12-13/h13-14,17H,1-12H2/t13-/m0/s1. The third kappa shape index (κ3) is 4.54. The number of rotatable bonds is 5. The highest BCUT2D eigenvalue weighted by molar-refractivity contribution is 4.75. The van der Waals surface area contributed by atoms with Crippen molar-refractivity contribution in [2.45, 2.75) is 19.3 Å². The van der Waals surface area contributed by atoms with Crippen LogP contribution < -0.4 is 5.32 Å². The van der Waals surface area contributed by atoms with Crippen LogP contribution in [0.25, 0.3) is 0 Å². The van der Waals surface area contributed by atoms with Gasteiger partial charge >= 0.3 is 0 Å². The lowest BCUT2D eigenvalue weighted by Crippen LogP contribution is -2.47. The summed E-state index contributed by atoms with van der Waals surface area (Å²) in [5, 5.41) is 12.4. The zero-order valence-electron chi connectivity index (χ0n) is 10.9. The maximum absolute atomic E-state index is 8.90. The van der Waals surface area contributed by atoms with Crippen LogP contribution in [0.4, 0.5) is 0 Å². The molecule has 0 unspecified atom stereocenters. The van der Waals surface area contributed by atoms with E-state index in [1.165, 1.54) is 52.0 Å². The zero-order chi connectivity index (χ0) is 11.9. The second-order valence-electron chi connectivity index (χ2n) is 5.41. The molecule has 0 aromatic heterocycles. The number of aliphatic hydroxyl groups is 1. The molecule has 0 spiro atoms. The molecule has 2 aliphatic heterocycles. The van der Waals surface area contributed by atoms with Gasteiger partial charge in [-0.05, 0) is 44.8 Å². The normalized spacial score (nSPS) is 28.4. The topological polar surface area (TPSA) is 38.7 Å². The molecule has 0 bridgehead atoms. The van der Waals surface area contributed by atoms with Gasteiger partial charge in [0, 0.05) is 32.7 Å². The largest absolute Gasteiger partial charge is 0.395 e. The summed E-state index contributed by atoms with van der Waals surface area (Å²) in [6, 6.07) is 0. The maximum atomic E-state index is 8.90. The fourth-order valence-corrected chi connectivity index (χ4v) is 2.91. The summed E-state index contributed by atoms with van der Waals surface area (Å²) in [5.74, 6) is 0.902. The molecule has 17 heavy (non-hydrogen) atoms. The van der Waals surface area contributed by atoms with Crippen LogP contribution in [0.2, 0.25) is 0 Å². The predicted molar refractivity (Wildman–Crippen MR) is 70.2 cm³/mol. The Morgan fingerprint density at radius 1 is 1.06 bits per heavy atom. The summed E-state index contributed by atoms with van der Waals surface area (Å²) in [6.45, 7) is 9.47. The molecule has 2 N–H and O–H groups in total.